The van der Waals surface area contributed by atoms with Crippen molar-refractivity contribution in [1.82, 2.24) is 14.9 Å². The molecule has 1 N–H and O–H groups in total. The number of H-pyrrole nitrogens is 1. The Hall–Kier alpha value is -3.13. The molecule has 3 aromatic rings. The second kappa shape index (κ2) is 7.71. The van der Waals surface area contributed by atoms with Crippen molar-refractivity contribution < 1.29 is 14.4 Å². The Labute approximate surface area is 172 Å². The van der Waals surface area contributed by atoms with Crippen molar-refractivity contribution in [3.8, 4) is 0 Å². The SMILES string of the molecule is CN(C)C(=O)c1[nH]c2ccccc2c1C(=O)C1CSN(c2cccnc2)C1C=O. The van der Waals surface area contributed by atoms with E-state index in [-0.39, 0.29) is 17.4 Å². The summed E-state index contributed by atoms with van der Waals surface area (Å²) in [4.78, 5) is 46.9. The molecule has 1 amide bonds. The lowest BCUT2D eigenvalue weighted by Gasteiger charge is -2.23. The molecule has 0 spiro atoms. The highest BCUT2D eigenvalue weighted by Gasteiger charge is 2.42. The van der Waals surface area contributed by atoms with Crippen molar-refractivity contribution in [2.45, 2.75) is 6.04 Å². The molecule has 1 fully saturated rings. The number of pyridine rings is 1. The van der Waals surface area contributed by atoms with Crippen molar-refractivity contribution in [2.24, 2.45) is 5.92 Å². The van der Waals surface area contributed by atoms with Crippen LogP contribution in [-0.4, -0.2) is 58.7 Å². The van der Waals surface area contributed by atoms with Gasteiger partial charge in [0.15, 0.2) is 5.78 Å². The molecule has 0 bridgehead atoms. The molecule has 2 unspecified atom stereocenters. The third-order valence-corrected chi connectivity index (χ3v) is 6.27. The van der Waals surface area contributed by atoms with Gasteiger partial charge in [0.2, 0.25) is 0 Å². The highest BCUT2D eigenvalue weighted by Crippen LogP contribution is 2.38. The zero-order valence-corrected chi connectivity index (χ0v) is 16.8. The topological polar surface area (TPSA) is 86.4 Å². The summed E-state index contributed by atoms with van der Waals surface area (Å²) >= 11 is 1.42. The molecule has 8 heteroatoms. The lowest BCUT2D eigenvalue weighted by molar-refractivity contribution is -0.109. The fourth-order valence-electron chi connectivity index (χ4n) is 3.59. The molecule has 2 aromatic heterocycles. The van der Waals surface area contributed by atoms with Gasteiger partial charge in [0.05, 0.1) is 23.4 Å². The lowest BCUT2D eigenvalue weighted by Crippen LogP contribution is -2.36. The third kappa shape index (κ3) is 3.29. The van der Waals surface area contributed by atoms with Crippen LogP contribution in [0.2, 0.25) is 0 Å². The molecule has 1 aliphatic rings. The number of carbonyl (C=O) groups is 3. The zero-order valence-electron chi connectivity index (χ0n) is 16.0. The minimum absolute atomic E-state index is 0.205. The summed E-state index contributed by atoms with van der Waals surface area (Å²) in [5, 5.41) is 0.692. The van der Waals surface area contributed by atoms with Crippen LogP contribution in [0.5, 0.6) is 0 Å². The van der Waals surface area contributed by atoms with Crippen molar-refractivity contribution in [3.05, 3.63) is 60.0 Å². The Kier molecular flexibility index (Phi) is 5.10. The summed E-state index contributed by atoms with van der Waals surface area (Å²) in [6, 6.07) is 10.4. The van der Waals surface area contributed by atoms with E-state index in [0.717, 1.165) is 17.5 Å². The van der Waals surface area contributed by atoms with E-state index < -0.39 is 12.0 Å². The third-order valence-electron chi connectivity index (χ3n) is 5.03. The smallest absolute Gasteiger partial charge is 0.270 e. The van der Waals surface area contributed by atoms with Crippen LogP contribution in [0.15, 0.2) is 48.8 Å². The second-order valence-corrected chi connectivity index (χ2v) is 8.04. The number of anilines is 1. The van der Waals surface area contributed by atoms with Crippen LogP contribution >= 0.6 is 11.9 Å². The van der Waals surface area contributed by atoms with Gasteiger partial charge in [0.1, 0.15) is 18.0 Å². The Morgan fingerprint density at radius 1 is 1.24 bits per heavy atom. The van der Waals surface area contributed by atoms with Crippen LogP contribution in [0, 0.1) is 5.92 Å². The van der Waals surface area contributed by atoms with E-state index in [1.54, 1.807) is 32.6 Å². The number of aromatic nitrogens is 2. The molecule has 0 radical (unpaired) electrons. The maximum absolute atomic E-state index is 13.6. The lowest BCUT2D eigenvalue weighted by atomic mass is 9.91. The van der Waals surface area contributed by atoms with Gasteiger partial charge in [-0.25, -0.2) is 0 Å². The van der Waals surface area contributed by atoms with E-state index in [2.05, 4.69) is 9.97 Å². The predicted octanol–water partition coefficient (Wildman–Crippen LogP) is 2.80. The van der Waals surface area contributed by atoms with Gasteiger partial charge >= 0.3 is 0 Å². The first-order valence-electron chi connectivity index (χ1n) is 9.17. The number of Topliss-reactive ketones (excluding diaryl/α,β-unsaturated/α-hetero) is 1. The van der Waals surface area contributed by atoms with Crippen molar-refractivity contribution in [3.63, 3.8) is 0 Å². The monoisotopic (exact) mass is 408 g/mol. The summed E-state index contributed by atoms with van der Waals surface area (Å²) in [5.74, 6) is -0.595. The quantitative estimate of drug-likeness (QED) is 0.397. The van der Waals surface area contributed by atoms with Crippen LogP contribution in [0.1, 0.15) is 20.8 Å². The molecular formula is C21H20N4O3S. The van der Waals surface area contributed by atoms with Gasteiger partial charge < -0.3 is 19.0 Å². The van der Waals surface area contributed by atoms with Gasteiger partial charge in [-0.3, -0.25) is 14.6 Å². The molecule has 0 saturated carbocycles. The van der Waals surface area contributed by atoms with E-state index in [1.807, 2.05) is 34.6 Å². The van der Waals surface area contributed by atoms with E-state index in [0.29, 0.717) is 16.7 Å². The number of para-hydroxylation sites is 1. The number of ketones is 1. The molecule has 7 nitrogen and oxygen atoms in total. The summed E-state index contributed by atoms with van der Waals surface area (Å²) in [5.41, 5.74) is 2.10. The molecule has 148 valence electrons. The molecule has 0 aliphatic carbocycles. The molecule has 2 atom stereocenters. The first-order valence-corrected chi connectivity index (χ1v) is 10.1. The van der Waals surface area contributed by atoms with Crippen molar-refractivity contribution in [1.29, 1.82) is 0 Å². The highest BCUT2D eigenvalue weighted by atomic mass is 32.2. The zero-order chi connectivity index (χ0) is 20.5. The first-order chi connectivity index (χ1) is 14.0. The Bertz CT molecular complexity index is 1080. The summed E-state index contributed by atoms with van der Waals surface area (Å²) in [7, 11) is 3.29. The Morgan fingerprint density at radius 3 is 2.72 bits per heavy atom. The van der Waals surface area contributed by atoms with E-state index >= 15 is 0 Å². The number of carbonyl (C=O) groups excluding carboxylic acids is 3. The number of aldehydes is 1. The maximum Gasteiger partial charge on any atom is 0.270 e. The van der Waals surface area contributed by atoms with Gasteiger partial charge in [0, 0.05) is 36.9 Å². The molecular weight excluding hydrogens is 388 g/mol. The van der Waals surface area contributed by atoms with Crippen LogP contribution in [0.3, 0.4) is 0 Å². The van der Waals surface area contributed by atoms with Gasteiger partial charge in [-0.05, 0) is 30.1 Å². The van der Waals surface area contributed by atoms with E-state index in [9.17, 15) is 14.4 Å². The standard InChI is InChI=1S/C21H20N4O3S/c1-24(2)21(28)19-18(14-7-3-4-8-16(14)23-19)20(27)15-12-29-25(17(15)11-26)13-6-5-9-22-10-13/h3-11,15,17,23H,12H2,1-2H3. The highest BCUT2D eigenvalue weighted by molar-refractivity contribution is 8.01. The van der Waals surface area contributed by atoms with Crippen LogP contribution in [-0.2, 0) is 4.79 Å². The number of amides is 1. The molecule has 1 saturated heterocycles. The number of nitrogens with zero attached hydrogens (tertiary/aromatic N) is 3. The molecule has 29 heavy (non-hydrogen) atoms. The Balaban J connectivity index is 1.76. The molecule has 1 aliphatic heterocycles. The average Bonchev–Trinajstić information content (AvgIpc) is 3.34. The summed E-state index contributed by atoms with van der Waals surface area (Å²) in [6.45, 7) is 0. The molecule has 4 rings (SSSR count). The largest absolute Gasteiger partial charge is 0.350 e. The first kappa shape index (κ1) is 19.2. The van der Waals surface area contributed by atoms with E-state index in [1.165, 1.54) is 16.8 Å². The van der Waals surface area contributed by atoms with Gasteiger partial charge in [-0.1, -0.05) is 18.2 Å². The second-order valence-electron chi connectivity index (χ2n) is 7.05. The van der Waals surface area contributed by atoms with Gasteiger partial charge in [0.25, 0.3) is 5.91 Å². The van der Waals surface area contributed by atoms with Crippen molar-refractivity contribution >= 4 is 46.5 Å². The minimum Gasteiger partial charge on any atom is -0.350 e. The fraction of sp³-hybridized carbons (Fsp3) is 0.238. The summed E-state index contributed by atoms with van der Waals surface area (Å²) in [6.07, 6.45) is 4.13. The number of benzene rings is 1. The number of hydrogen-bond donors (Lipinski definition) is 1. The molecule has 3 heterocycles. The minimum atomic E-state index is -0.632. The van der Waals surface area contributed by atoms with Crippen LogP contribution in [0.4, 0.5) is 5.69 Å². The average molecular weight is 408 g/mol. The number of hydrogen-bond acceptors (Lipinski definition) is 6. The number of rotatable bonds is 5. The number of nitrogens with one attached hydrogen (secondary N) is 1. The van der Waals surface area contributed by atoms with Crippen LogP contribution in [0.25, 0.3) is 10.9 Å². The normalized spacial score (nSPS) is 18.8. The summed E-state index contributed by atoms with van der Waals surface area (Å²) < 4.78 is 1.82. The fourth-order valence-corrected chi connectivity index (χ4v) is 4.88. The number of fused-ring (bicyclic) bond motifs is 1. The van der Waals surface area contributed by atoms with E-state index in [4.69, 9.17) is 0 Å². The maximum atomic E-state index is 13.6. The van der Waals surface area contributed by atoms with Crippen LogP contribution < -0.4 is 4.31 Å². The van der Waals surface area contributed by atoms with Gasteiger partial charge in [-0.2, -0.15) is 0 Å². The molecule has 1 aromatic carbocycles. The number of aromatic amines is 1. The van der Waals surface area contributed by atoms with Gasteiger partial charge in [-0.15, -0.1) is 0 Å². The Morgan fingerprint density at radius 2 is 2.03 bits per heavy atom. The van der Waals surface area contributed by atoms with Crippen molar-refractivity contribution in [2.75, 3.05) is 24.2 Å². The predicted molar refractivity (Wildman–Crippen MR) is 113 cm³/mol.